The summed E-state index contributed by atoms with van der Waals surface area (Å²) in [7, 11) is 0. The first-order valence-corrected chi connectivity index (χ1v) is 8.03. The highest BCUT2D eigenvalue weighted by Crippen LogP contribution is 2.22. The fraction of sp³-hybridized carbons (Fsp3) is 0.562. The Hall–Kier alpha value is -0.870. The van der Waals surface area contributed by atoms with Gasteiger partial charge in [0.25, 0.3) is 0 Å². The summed E-state index contributed by atoms with van der Waals surface area (Å²) in [6, 6.07) is 7.89. The van der Waals surface area contributed by atoms with Gasteiger partial charge in [-0.25, -0.2) is 0 Å². The molecule has 2 atom stereocenters. The highest BCUT2D eigenvalue weighted by atomic mass is 79.9. The Kier molecular flexibility index (Phi) is 6.05. The highest BCUT2D eigenvalue weighted by molar-refractivity contribution is 9.10. The van der Waals surface area contributed by atoms with E-state index >= 15 is 0 Å². The van der Waals surface area contributed by atoms with Crippen LogP contribution in [-0.2, 0) is 16.0 Å². The first kappa shape index (κ1) is 15.5. The number of hydrogen-bond acceptors (Lipinski definition) is 2. The van der Waals surface area contributed by atoms with Crippen LogP contribution in [0.15, 0.2) is 28.7 Å². The summed E-state index contributed by atoms with van der Waals surface area (Å²) in [5.74, 6) is -0.997. The zero-order chi connectivity index (χ0) is 14.4. The molecular weight excluding hydrogens is 320 g/mol. The van der Waals surface area contributed by atoms with Gasteiger partial charge in [-0.2, -0.15) is 0 Å². The molecule has 1 aliphatic rings. The van der Waals surface area contributed by atoms with Crippen LogP contribution in [0.1, 0.15) is 37.7 Å². The summed E-state index contributed by atoms with van der Waals surface area (Å²) in [6.45, 7) is 0.866. The Balaban J connectivity index is 1.82. The monoisotopic (exact) mass is 340 g/mol. The van der Waals surface area contributed by atoms with Gasteiger partial charge in [-0.15, -0.1) is 0 Å². The molecule has 0 radical (unpaired) electrons. The molecular formula is C16H21BrO3. The largest absolute Gasteiger partial charge is 0.481 e. The van der Waals surface area contributed by atoms with E-state index in [-0.39, 0.29) is 5.92 Å². The summed E-state index contributed by atoms with van der Waals surface area (Å²) in [4.78, 5) is 11.4. The van der Waals surface area contributed by atoms with Crippen LogP contribution in [0.25, 0.3) is 0 Å². The minimum Gasteiger partial charge on any atom is -0.481 e. The lowest BCUT2D eigenvalue weighted by Crippen LogP contribution is -2.17. The number of rotatable bonds is 7. The Bertz CT molecular complexity index is 441. The number of hydrogen-bond donors (Lipinski definition) is 1. The molecule has 1 N–H and O–H groups in total. The van der Waals surface area contributed by atoms with Crippen molar-refractivity contribution in [2.75, 3.05) is 6.61 Å². The number of ether oxygens (including phenoxy) is 1. The lowest BCUT2D eigenvalue weighted by Gasteiger charge is -2.14. The Labute approximate surface area is 128 Å². The molecule has 1 aromatic rings. The van der Waals surface area contributed by atoms with Gasteiger partial charge in [0.05, 0.1) is 12.0 Å². The van der Waals surface area contributed by atoms with Crippen molar-refractivity contribution in [2.45, 2.75) is 44.6 Å². The van der Waals surface area contributed by atoms with E-state index in [0.717, 1.165) is 48.7 Å². The third-order valence-corrected chi connectivity index (χ3v) is 4.32. The smallest absolute Gasteiger partial charge is 0.306 e. The molecule has 0 aromatic heterocycles. The van der Waals surface area contributed by atoms with Crippen molar-refractivity contribution in [3.8, 4) is 0 Å². The van der Waals surface area contributed by atoms with E-state index in [0.29, 0.717) is 12.5 Å². The molecule has 1 fully saturated rings. The number of carbonyl (C=O) groups is 1. The molecule has 0 saturated carbocycles. The third-order valence-electron chi connectivity index (χ3n) is 3.82. The Morgan fingerprint density at radius 1 is 1.50 bits per heavy atom. The predicted octanol–water partition coefficient (Wildman–Crippen LogP) is 4.04. The number of halogens is 1. The van der Waals surface area contributed by atoms with Crippen LogP contribution in [0, 0.1) is 5.92 Å². The summed E-state index contributed by atoms with van der Waals surface area (Å²) in [5.41, 5.74) is 1.07. The maximum atomic E-state index is 11.4. The quantitative estimate of drug-likeness (QED) is 0.814. The van der Waals surface area contributed by atoms with Crippen molar-refractivity contribution in [3.63, 3.8) is 0 Å². The second-order valence-corrected chi connectivity index (χ2v) is 6.35. The summed E-state index contributed by atoms with van der Waals surface area (Å²) in [6.07, 6.45) is 5.87. The molecule has 0 aliphatic carbocycles. The summed E-state index contributed by atoms with van der Waals surface area (Å²) >= 11 is 3.42. The van der Waals surface area contributed by atoms with Crippen molar-refractivity contribution in [1.82, 2.24) is 0 Å². The van der Waals surface area contributed by atoms with E-state index in [9.17, 15) is 9.90 Å². The molecule has 0 bridgehead atoms. The van der Waals surface area contributed by atoms with Gasteiger partial charge in [0.15, 0.2) is 0 Å². The minimum atomic E-state index is -0.697. The molecule has 0 amide bonds. The van der Waals surface area contributed by atoms with Crippen molar-refractivity contribution < 1.29 is 14.6 Å². The molecule has 4 heteroatoms. The van der Waals surface area contributed by atoms with Crippen LogP contribution < -0.4 is 0 Å². The third kappa shape index (κ3) is 4.91. The standard InChI is InChI=1S/C16H21BrO3/c17-14-6-1-4-12(11-14)10-13(16(18)19)5-2-7-15-8-3-9-20-15/h1,4,6,11,13,15H,2-3,5,7-10H2,(H,18,19). The van der Waals surface area contributed by atoms with Gasteiger partial charge in [0.2, 0.25) is 0 Å². The van der Waals surface area contributed by atoms with Crippen molar-refractivity contribution >= 4 is 21.9 Å². The molecule has 1 heterocycles. The van der Waals surface area contributed by atoms with Crippen LogP contribution in [0.3, 0.4) is 0 Å². The van der Waals surface area contributed by atoms with Gasteiger partial charge in [0, 0.05) is 11.1 Å². The zero-order valence-corrected chi connectivity index (χ0v) is 13.1. The van der Waals surface area contributed by atoms with Crippen molar-refractivity contribution in [3.05, 3.63) is 34.3 Å². The fourth-order valence-electron chi connectivity index (χ4n) is 2.73. The number of benzene rings is 1. The van der Waals surface area contributed by atoms with Crippen LogP contribution in [-0.4, -0.2) is 23.8 Å². The summed E-state index contributed by atoms with van der Waals surface area (Å²) < 4.78 is 6.57. The average Bonchev–Trinajstić information content (AvgIpc) is 2.90. The molecule has 110 valence electrons. The van der Waals surface area contributed by atoms with Gasteiger partial charge >= 0.3 is 5.97 Å². The normalized spacial score (nSPS) is 19.9. The molecule has 20 heavy (non-hydrogen) atoms. The van der Waals surface area contributed by atoms with E-state index < -0.39 is 5.97 Å². The molecule has 1 aliphatic heterocycles. The zero-order valence-electron chi connectivity index (χ0n) is 11.6. The van der Waals surface area contributed by atoms with Crippen LogP contribution >= 0.6 is 15.9 Å². The number of carboxylic acid groups (broad SMARTS) is 1. The lowest BCUT2D eigenvalue weighted by atomic mass is 9.93. The van der Waals surface area contributed by atoms with E-state index in [1.165, 1.54) is 0 Å². The second kappa shape index (κ2) is 7.79. The maximum Gasteiger partial charge on any atom is 0.306 e. The van der Waals surface area contributed by atoms with Gasteiger partial charge in [-0.05, 0) is 49.8 Å². The molecule has 2 unspecified atom stereocenters. The predicted molar refractivity (Wildman–Crippen MR) is 81.8 cm³/mol. The molecule has 1 saturated heterocycles. The first-order valence-electron chi connectivity index (χ1n) is 7.24. The van der Waals surface area contributed by atoms with E-state index in [4.69, 9.17) is 4.74 Å². The van der Waals surface area contributed by atoms with Crippen molar-refractivity contribution in [2.24, 2.45) is 5.92 Å². The second-order valence-electron chi connectivity index (χ2n) is 5.44. The Morgan fingerprint density at radius 3 is 3.00 bits per heavy atom. The summed E-state index contributed by atoms with van der Waals surface area (Å²) in [5, 5.41) is 9.35. The van der Waals surface area contributed by atoms with Gasteiger partial charge in [0.1, 0.15) is 0 Å². The maximum absolute atomic E-state index is 11.4. The number of carboxylic acids is 1. The first-order chi connectivity index (χ1) is 9.65. The number of aliphatic carboxylic acids is 1. The van der Waals surface area contributed by atoms with Gasteiger partial charge in [-0.3, -0.25) is 4.79 Å². The molecule has 3 nitrogen and oxygen atoms in total. The minimum absolute atomic E-state index is 0.300. The van der Waals surface area contributed by atoms with Gasteiger partial charge in [-0.1, -0.05) is 34.5 Å². The SMILES string of the molecule is O=C(O)C(CCCC1CCCO1)Cc1cccc(Br)c1. The van der Waals surface area contributed by atoms with E-state index in [1.807, 2.05) is 24.3 Å². The lowest BCUT2D eigenvalue weighted by molar-refractivity contribution is -0.142. The molecule has 0 spiro atoms. The molecule has 1 aromatic carbocycles. The van der Waals surface area contributed by atoms with Crippen LogP contribution in [0.5, 0.6) is 0 Å². The van der Waals surface area contributed by atoms with Crippen LogP contribution in [0.4, 0.5) is 0 Å². The fourth-order valence-corrected chi connectivity index (χ4v) is 3.17. The topological polar surface area (TPSA) is 46.5 Å². The van der Waals surface area contributed by atoms with Gasteiger partial charge < -0.3 is 9.84 Å². The van der Waals surface area contributed by atoms with E-state index in [2.05, 4.69) is 15.9 Å². The van der Waals surface area contributed by atoms with Crippen LogP contribution in [0.2, 0.25) is 0 Å². The average molecular weight is 341 g/mol. The molecule has 2 rings (SSSR count). The van der Waals surface area contributed by atoms with E-state index in [1.54, 1.807) is 0 Å². The Morgan fingerprint density at radius 2 is 2.35 bits per heavy atom. The highest BCUT2D eigenvalue weighted by Gasteiger charge is 2.20. The van der Waals surface area contributed by atoms with Crippen molar-refractivity contribution in [1.29, 1.82) is 0 Å².